The van der Waals surface area contributed by atoms with Gasteiger partial charge in [0.25, 0.3) is 0 Å². The number of fused-ring (bicyclic) bond motifs is 1. The quantitative estimate of drug-likeness (QED) is 0.0913. The first-order valence-corrected chi connectivity index (χ1v) is 16.8. The number of hydrogen-bond acceptors (Lipinski definition) is 10. The molecule has 1 heterocycles. The van der Waals surface area contributed by atoms with Crippen molar-refractivity contribution in [2.24, 2.45) is 0 Å². The molecule has 0 saturated carbocycles. The highest BCUT2D eigenvalue weighted by atomic mass is 35.5. The Kier molecular flexibility index (Phi) is 12.5. The molecule has 0 saturated heterocycles. The summed E-state index contributed by atoms with van der Waals surface area (Å²) in [5, 5.41) is 32.9. The molecule has 4 aromatic carbocycles. The Morgan fingerprint density at radius 3 is 2.33 bits per heavy atom. The number of carbonyl (C=O) groups is 2. The summed E-state index contributed by atoms with van der Waals surface area (Å²) in [5.41, 5.74) is 4.55. The maximum absolute atomic E-state index is 13.2. The third-order valence-corrected chi connectivity index (χ3v) is 8.45. The number of carboxylic acids is 1. The second-order valence-electron chi connectivity index (χ2n) is 12.6. The number of nitrogens with one attached hydrogen (secondary N) is 2. The molecule has 0 aliphatic heterocycles. The fourth-order valence-electron chi connectivity index (χ4n) is 4.98. The molecular formula is C37H38Cl2N4O8. The number of rotatable bonds is 16. The molecule has 14 heteroatoms. The molecule has 0 radical (unpaired) electrons. The van der Waals surface area contributed by atoms with Crippen LogP contribution >= 0.6 is 23.2 Å². The molecule has 5 aromatic rings. The smallest absolute Gasteiger partial charge is 0.328 e. The van der Waals surface area contributed by atoms with Gasteiger partial charge in [-0.2, -0.15) is 0 Å². The van der Waals surface area contributed by atoms with Crippen LogP contribution < -0.4 is 20.1 Å². The molecule has 0 spiro atoms. The highest BCUT2D eigenvalue weighted by Gasteiger charge is 2.27. The summed E-state index contributed by atoms with van der Waals surface area (Å²) in [6, 6.07) is 21.8. The highest BCUT2D eigenvalue weighted by Crippen LogP contribution is 2.36. The van der Waals surface area contributed by atoms with Gasteiger partial charge in [0.2, 0.25) is 5.91 Å². The van der Waals surface area contributed by atoms with Crippen molar-refractivity contribution in [1.29, 1.82) is 0 Å². The minimum Gasteiger partial charge on any atom is -0.488 e. The molecule has 51 heavy (non-hydrogen) atoms. The van der Waals surface area contributed by atoms with Gasteiger partial charge < -0.3 is 29.7 Å². The van der Waals surface area contributed by atoms with E-state index in [0.717, 1.165) is 22.3 Å². The minimum absolute atomic E-state index is 0.0645. The maximum atomic E-state index is 13.2. The van der Waals surface area contributed by atoms with E-state index in [2.05, 4.69) is 20.9 Å². The summed E-state index contributed by atoms with van der Waals surface area (Å²) < 4.78 is 23.2. The third kappa shape index (κ3) is 10.2. The second kappa shape index (κ2) is 17.0. The molecule has 12 nitrogen and oxygen atoms in total. The van der Waals surface area contributed by atoms with Crippen molar-refractivity contribution in [2.75, 3.05) is 13.2 Å². The normalized spacial score (nSPS) is 12.7. The first kappa shape index (κ1) is 37.5. The Morgan fingerprint density at radius 1 is 0.863 bits per heavy atom. The summed E-state index contributed by atoms with van der Waals surface area (Å²) in [7, 11) is 0. The lowest BCUT2D eigenvalue weighted by atomic mass is 10.0. The van der Waals surface area contributed by atoms with Crippen molar-refractivity contribution in [1.82, 2.24) is 20.9 Å². The number of aliphatic hydroxyl groups excluding tert-OH is 1. The van der Waals surface area contributed by atoms with Crippen LogP contribution in [0.25, 0.3) is 22.2 Å². The van der Waals surface area contributed by atoms with E-state index in [1.807, 2.05) is 75.4 Å². The van der Waals surface area contributed by atoms with E-state index in [0.29, 0.717) is 33.1 Å². The molecule has 1 aromatic heterocycles. The molecule has 0 aliphatic rings. The van der Waals surface area contributed by atoms with E-state index in [-0.39, 0.29) is 31.4 Å². The topological polar surface area (TPSA) is 165 Å². The van der Waals surface area contributed by atoms with E-state index in [1.165, 1.54) is 0 Å². The average molecular weight is 738 g/mol. The Labute approximate surface area is 304 Å². The van der Waals surface area contributed by atoms with Crippen molar-refractivity contribution in [2.45, 2.75) is 58.2 Å². The summed E-state index contributed by atoms with van der Waals surface area (Å²) in [5.74, 6) is -1.30. The summed E-state index contributed by atoms with van der Waals surface area (Å²) in [6.07, 6.45) is 0. The van der Waals surface area contributed by atoms with Crippen LogP contribution in [0, 0.1) is 0 Å². The Balaban J connectivity index is 1.40. The predicted molar refractivity (Wildman–Crippen MR) is 192 cm³/mol. The number of carbonyl (C=O) groups excluding carboxylic acids is 1. The maximum Gasteiger partial charge on any atom is 0.328 e. The molecule has 4 N–H and O–H groups in total. The van der Waals surface area contributed by atoms with Crippen LogP contribution in [-0.2, 0) is 34.1 Å². The Bertz CT molecular complexity index is 1970. The zero-order chi connectivity index (χ0) is 36.5. The zero-order valence-electron chi connectivity index (χ0n) is 28.2. The molecule has 268 valence electrons. The van der Waals surface area contributed by atoms with Crippen LogP contribution in [0.4, 0.5) is 0 Å². The number of hydrogen-bond donors (Lipinski definition) is 4. The summed E-state index contributed by atoms with van der Waals surface area (Å²) >= 11 is 13.6. The van der Waals surface area contributed by atoms with E-state index >= 15 is 0 Å². The molecule has 2 unspecified atom stereocenters. The van der Waals surface area contributed by atoms with Gasteiger partial charge in [0, 0.05) is 29.3 Å². The van der Waals surface area contributed by atoms with Gasteiger partial charge in [0.05, 0.1) is 28.9 Å². The van der Waals surface area contributed by atoms with E-state index in [1.54, 1.807) is 24.3 Å². The number of benzene rings is 4. The number of ether oxygens (including phenoxy) is 3. The van der Waals surface area contributed by atoms with Gasteiger partial charge in [-0.1, -0.05) is 77.8 Å². The van der Waals surface area contributed by atoms with Crippen LogP contribution in [0.2, 0.25) is 10.0 Å². The van der Waals surface area contributed by atoms with Gasteiger partial charge >= 0.3 is 5.97 Å². The summed E-state index contributed by atoms with van der Waals surface area (Å²) in [4.78, 5) is 24.7. The van der Waals surface area contributed by atoms with Crippen molar-refractivity contribution in [3.63, 3.8) is 0 Å². The van der Waals surface area contributed by atoms with E-state index in [9.17, 15) is 19.8 Å². The first-order chi connectivity index (χ1) is 24.4. The molecular weight excluding hydrogens is 699 g/mol. The SMILES string of the molecule is CC(C)(C)OCC(NCc1cc(Cl)c(OCc2cccc(-c3ccccc3)c2Cl)cc1OCc1ccc2nonc2c1)C(=O)NC(CO)C(=O)O. The van der Waals surface area contributed by atoms with Crippen LogP contribution in [0.3, 0.4) is 0 Å². The number of halogens is 2. The second-order valence-corrected chi connectivity index (χ2v) is 13.4. The average Bonchev–Trinajstić information content (AvgIpc) is 3.58. The lowest BCUT2D eigenvalue weighted by Gasteiger charge is -2.26. The Hall–Kier alpha value is -4.72. The van der Waals surface area contributed by atoms with Crippen molar-refractivity contribution >= 4 is 46.1 Å². The van der Waals surface area contributed by atoms with Crippen LogP contribution in [0.5, 0.6) is 11.5 Å². The van der Waals surface area contributed by atoms with Crippen LogP contribution in [0.15, 0.2) is 83.5 Å². The van der Waals surface area contributed by atoms with E-state index < -0.39 is 36.2 Å². The monoisotopic (exact) mass is 736 g/mol. The molecule has 2 atom stereocenters. The van der Waals surface area contributed by atoms with Gasteiger partial charge in [0.1, 0.15) is 47.8 Å². The lowest BCUT2D eigenvalue weighted by Crippen LogP contribution is -2.53. The van der Waals surface area contributed by atoms with Crippen molar-refractivity contribution in [3.8, 4) is 22.6 Å². The largest absolute Gasteiger partial charge is 0.488 e. The van der Waals surface area contributed by atoms with Crippen LogP contribution in [0.1, 0.15) is 37.5 Å². The standard InChI is InChI=1S/C37H38Cl2N4O8/c1-37(2,3)50-21-31(35(45)41-30(18-44)36(46)47)40-17-25-15-27(38)33(16-32(25)48-19-22-12-13-28-29(14-22)43-51-42-28)49-20-24-10-7-11-26(34(24)39)23-8-5-4-6-9-23/h4-16,30-31,40,44H,17-21H2,1-3H3,(H,41,45)(H,46,47). The lowest BCUT2D eigenvalue weighted by molar-refractivity contribution is -0.143. The fourth-order valence-corrected chi connectivity index (χ4v) is 5.51. The van der Waals surface area contributed by atoms with Gasteiger partial charge in [-0.3, -0.25) is 10.1 Å². The van der Waals surface area contributed by atoms with Crippen LogP contribution in [-0.4, -0.2) is 63.3 Å². The van der Waals surface area contributed by atoms with Crippen molar-refractivity contribution < 1.29 is 38.6 Å². The number of nitrogens with zero attached hydrogens (tertiary/aromatic N) is 2. The highest BCUT2D eigenvalue weighted by molar-refractivity contribution is 6.34. The molecule has 0 aliphatic carbocycles. The molecule has 0 bridgehead atoms. The van der Waals surface area contributed by atoms with Gasteiger partial charge in [-0.15, -0.1) is 0 Å². The number of amides is 1. The van der Waals surface area contributed by atoms with Gasteiger partial charge in [-0.05, 0) is 60.4 Å². The third-order valence-electron chi connectivity index (χ3n) is 7.71. The predicted octanol–water partition coefficient (Wildman–Crippen LogP) is 6.19. The summed E-state index contributed by atoms with van der Waals surface area (Å²) in [6.45, 7) is 4.94. The fraction of sp³-hybridized carbons (Fsp3) is 0.297. The first-order valence-electron chi connectivity index (χ1n) is 16.0. The molecule has 5 rings (SSSR count). The zero-order valence-corrected chi connectivity index (χ0v) is 29.7. The minimum atomic E-state index is -1.49. The van der Waals surface area contributed by atoms with Gasteiger partial charge in [-0.25, -0.2) is 9.42 Å². The number of aromatic nitrogens is 2. The van der Waals surface area contributed by atoms with Gasteiger partial charge in [0.15, 0.2) is 0 Å². The Morgan fingerprint density at radius 2 is 1.61 bits per heavy atom. The molecule has 0 fully saturated rings. The van der Waals surface area contributed by atoms with E-state index in [4.69, 9.17) is 42.0 Å². The number of aliphatic hydroxyl groups is 1. The molecule has 1 amide bonds. The number of carboxylic acid groups (broad SMARTS) is 1. The van der Waals surface area contributed by atoms with Crippen molar-refractivity contribution in [3.05, 3.63) is 106 Å². The number of aliphatic carboxylic acids is 1.